The van der Waals surface area contributed by atoms with Crippen molar-refractivity contribution < 1.29 is 9.72 Å². The molecule has 5 heteroatoms. The van der Waals surface area contributed by atoms with E-state index in [1.807, 2.05) is 30.3 Å². The molecule has 0 spiro atoms. The Kier molecular flexibility index (Phi) is 5.27. The van der Waals surface area contributed by atoms with Crippen LogP contribution in [0.5, 0.6) is 0 Å². The third-order valence-electron chi connectivity index (χ3n) is 2.89. The monoisotopic (exact) mass is 294 g/mol. The molecule has 0 heterocycles. The molecule has 5 nitrogen and oxygen atoms in total. The summed E-state index contributed by atoms with van der Waals surface area (Å²) in [5, 5.41) is 13.2. The molecule has 1 amide bonds. The van der Waals surface area contributed by atoms with Crippen molar-refractivity contribution in [2.24, 2.45) is 0 Å². The minimum absolute atomic E-state index is 0.0119. The van der Waals surface area contributed by atoms with Crippen molar-refractivity contribution in [3.8, 4) is 11.8 Å². The van der Waals surface area contributed by atoms with Crippen LogP contribution in [0.25, 0.3) is 0 Å². The van der Waals surface area contributed by atoms with Gasteiger partial charge in [0.05, 0.1) is 17.9 Å². The van der Waals surface area contributed by atoms with E-state index in [0.29, 0.717) is 0 Å². The number of carbonyl (C=O) groups is 1. The maximum Gasteiger partial charge on any atom is 0.269 e. The Bertz CT molecular complexity index is 713. The molecule has 110 valence electrons. The molecule has 2 rings (SSSR count). The van der Waals surface area contributed by atoms with Crippen LogP contribution >= 0.6 is 0 Å². The molecule has 22 heavy (non-hydrogen) atoms. The molecule has 2 aromatic rings. The molecule has 0 saturated carbocycles. The summed E-state index contributed by atoms with van der Waals surface area (Å²) >= 11 is 0. The van der Waals surface area contributed by atoms with Gasteiger partial charge in [0.2, 0.25) is 5.91 Å². The van der Waals surface area contributed by atoms with E-state index in [-0.39, 0.29) is 24.6 Å². The fraction of sp³-hybridized carbons (Fsp3) is 0.118. The van der Waals surface area contributed by atoms with E-state index in [0.717, 1.165) is 11.1 Å². The number of nitrogens with zero attached hydrogens (tertiary/aromatic N) is 1. The zero-order chi connectivity index (χ0) is 15.8. The van der Waals surface area contributed by atoms with Crippen LogP contribution in [-0.2, 0) is 11.2 Å². The Morgan fingerprint density at radius 3 is 2.41 bits per heavy atom. The molecule has 1 N–H and O–H groups in total. The summed E-state index contributed by atoms with van der Waals surface area (Å²) < 4.78 is 0. The summed E-state index contributed by atoms with van der Waals surface area (Å²) in [7, 11) is 0. The Morgan fingerprint density at radius 1 is 1.09 bits per heavy atom. The SMILES string of the molecule is O=C(Cc1ccc([N+](=O)[O-])cc1)NCC#Cc1ccccc1. The van der Waals surface area contributed by atoms with Gasteiger partial charge in [-0.25, -0.2) is 0 Å². The van der Waals surface area contributed by atoms with Gasteiger partial charge in [0.1, 0.15) is 0 Å². The number of amides is 1. The highest BCUT2D eigenvalue weighted by Crippen LogP contribution is 2.12. The van der Waals surface area contributed by atoms with Crippen LogP contribution in [0, 0.1) is 22.0 Å². The van der Waals surface area contributed by atoms with E-state index in [2.05, 4.69) is 17.2 Å². The van der Waals surface area contributed by atoms with Crippen molar-refractivity contribution >= 4 is 11.6 Å². The first-order valence-corrected chi connectivity index (χ1v) is 6.69. The third kappa shape index (κ3) is 4.76. The van der Waals surface area contributed by atoms with Crippen LogP contribution in [0.3, 0.4) is 0 Å². The number of carbonyl (C=O) groups excluding carboxylic acids is 1. The quantitative estimate of drug-likeness (QED) is 0.534. The van der Waals surface area contributed by atoms with Crippen molar-refractivity contribution in [2.75, 3.05) is 6.54 Å². The predicted octanol–water partition coefficient (Wildman–Crippen LogP) is 2.31. The minimum Gasteiger partial charge on any atom is -0.345 e. The van der Waals surface area contributed by atoms with Gasteiger partial charge in [-0.3, -0.25) is 14.9 Å². The van der Waals surface area contributed by atoms with Crippen LogP contribution in [0.15, 0.2) is 54.6 Å². The van der Waals surface area contributed by atoms with Gasteiger partial charge in [0, 0.05) is 17.7 Å². The smallest absolute Gasteiger partial charge is 0.269 e. The molecular formula is C17H14N2O3. The fourth-order valence-electron chi connectivity index (χ4n) is 1.79. The average Bonchev–Trinajstić information content (AvgIpc) is 2.53. The first-order chi connectivity index (χ1) is 10.6. The number of nitro groups is 1. The van der Waals surface area contributed by atoms with Crippen LogP contribution in [0.4, 0.5) is 5.69 Å². The predicted molar refractivity (Wildman–Crippen MR) is 83.1 cm³/mol. The largest absolute Gasteiger partial charge is 0.345 e. The third-order valence-corrected chi connectivity index (χ3v) is 2.89. The Hall–Kier alpha value is -3.13. The molecule has 0 bridgehead atoms. The van der Waals surface area contributed by atoms with Crippen molar-refractivity contribution in [1.82, 2.24) is 5.32 Å². The van der Waals surface area contributed by atoms with Crippen LogP contribution in [0.2, 0.25) is 0 Å². The molecule has 0 aliphatic carbocycles. The molecule has 0 aliphatic rings. The summed E-state index contributed by atoms with van der Waals surface area (Å²) in [5.74, 6) is 5.65. The Labute approximate surface area is 128 Å². The van der Waals surface area contributed by atoms with Gasteiger partial charge < -0.3 is 5.32 Å². The van der Waals surface area contributed by atoms with Gasteiger partial charge >= 0.3 is 0 Å². The number of nitro benzene ring substituents is 1. The van der Waals surface area contributed by atoms with Gasteiger partial charge in [0.15, 0.2) is 0 Å². The molecule has 0 saturated heterocycles. The molecule has 0 unspecified atom stereocenters. The highest BCUT2D eigenvalue weighted by Gasteiger charge is 2.06. The number of rotatable bonds is 4. The second-order valence-electron chi connectivity index (χ2n) is 4.54. The average molecular weight is 294 g/mol. The Balaban J connectivity index is 1.81. The van der Waals surface area contributed by atoms with E-state index < -0.39 is 4.92 Å². The lowest BCUT2D eigenvalue weighted by Gasteiger charge is -2.01. The number of hydrogen-bond acceptors (Lipinski definition) is 3. The number of nitrogens with one attached hydrogen (secondary N) is 1. The normalized spacial score (nSPS) is 9.45. The van der Waals surface area contributed by atoms with Crippen molar-refractivity contribution in [1.29, 1.82) is 0 Å². The lowest BCUT2D eigenvalue weighted by molar-refractivity contribution is -0.384. The second-order valence-corrected chi connectivity index (χ2v) is 4.54. The topological polar surface area (TPSA) is 72.2 Å². The summed E-state index contributed by atoms with van der Waals surface area (Å²) in [6.07, 6.45) is 0.172. The van der Waals surface area contributed by atoms with E-state index in [4.69, 9.17) is 0 Å². The molecule has 0 radical (unpaired) electrons. The maximum absolute atomic E-state index is 11.7. The lowest BCUT2D eigenvalue weighted by Crippen LogP contribution is -2.25. The summed E-state index contributed by atoms with van der Waals surface area (Å²) in [6.45, 7) is 0.265. The fourth-order valence-corrected chi connectivity index (χ4v) is 1.79. The van der Waals surface area contributed by atoms with Crippen molar-refractivity contribution in [2.45, 2.75) is 6.42 Å². The first kappa shape index (κ1) is 15.3. The van der Waals surface area contributed by atoms with Crippen LogP contribution < -0.4 is 5.32 Å². The first-order valence-electron chi connectivity index (χ1n) is 6.69. The van der Waals surface area contributed by atoms with Crippen LogP contribution in [-0.4, -0.2) is 17.4 Å². The van der Waals surface area contributed by atoms with Gasteiger partial charge in [-0.05, 0) is 17.7 Å². The Morgan fingerprint density at radius 2 is 1.77 bits per heavy atom. The van der Waals surface area contributed by atoms with Gasteiger partial charge in [0.25, 0.3) is 5.69 Å². The minimum atomic E-state index is -0.469. The molecule has 0 aliphatic heterocycles. The maximum atomic E-state index is 11.7. The molecule has 2 aromatic carbocycles. The van der Waals surface area contributed by atoms with Gasteiger partial charge in [-0.1, -0.05) is 42.2 Å². The number of benzene rings is 2. The summed E-state index contributed by atoms with van der Waals surface area (Å²) in [6, 6.07) is 15.4. The lowest BCUT2D eigenvalue weighted by atomic mass is 10.1. The molecule has 0 atom stereocenters. The highest BCUT2D eigenvalue weighted by atomic mass is 16.6. The van der Waals surface area contributed by atoms with Gasteiger partial charge in [-0.15, -0.1) is 0 Å². The summed E-state index contributed by atoms with van der Waals surface area (Å²) in [5.41, 5.74) is 1.63. The standard InChI is InChI=1S/C17H14N2O3/c20-17(13-15-8-10-16(11-9-15)19(21)22)18-12-4-7-14-5-2-1-3-6-14/h1-3,5-6,8-11H,12-13H2,(H,18,20). The molecular weight excluding hydrogens is 280 g/mol. The molecule has 0 aromatic heterocycles. The zero-order valence-electron chi connectivity index (χ0n) is 11.8. The number of non-ortho nitro benzene ring substituents is 1. The van der Waals surface area contributed by atoms with Gasteiger partial charge in [-0.2, -0.15) is 0 Å². The van der Waals surface area contributed by atoms with Crippen LogP contribution in [0.1, 0.15) is 11.1 Å². The van der Waals surface area contributed by atoms with E-state index in [1.165, 1.54) is 12.1 Å². The highest BCUT2D eigenvalue weighted by molar-refractivity contribution is 5.78. The van der Waals surface area contributed by atoms with Crippen molar-refractivity contribution in [3.63, 3.8) is 0 Å². The van der Waals surface area contributed by atoms with E-state index in [1.54, 1.807) is 12.1 Å². The number of hydrogen-bond donors (Lipinski definition) is 1. The van der Waals surface area contributed by atoms with E-state index in [9.17, 15) is 14.9 Å². The van der Waals surface area contributed by atoms with Crippen molar-refractivity contribution in [3.05, 3.63) is 75.8 Å². The zero-order valence-corrected chi connectivity index (χ0v) is 11.8. The molecule has 0 fully saturated rings. The summed E-state index contributed by atoms with van der Waals surface area (Å²) in [4.78, 5) is 21.8. The second kappa shape index (κ2) is 7.60. The van der Waals surface area contributed by atoms with E-state index >= 15 is 0 Å².